The standard InChI is InChI=1S/C15H19Br3N2O/c1-2-3-4-12(20-7-5-19-6-8-20)13-10(16)9-11(17)15(21)14(13)18/h2,9,12,19,21H,1,3-8H2/t12-/m0/s1. The first-order valence-corrected chi connectivity index (χ1v) is 9.36. The molecule has 0 radical (unpaired) electrons. The molecule has 2 rings (SSSR count). The van der Waals surface area contributed by atoms with Gasteiger partial charge >= 0.3 is 0 Å². The SMILES string of the molecule is C=CCC[C@@H](c1c(Br)cc(Br)c(O)c1Br)N1CCNCC1. The van der Waals surface area contributed by atoms with Crippen molar-refractivity contribution >= 4 is 47.8 Å². The molecule has 3 nitrogen and oxygen atoms in total. The van der Waals surface area contributed by atoms with Crippen LogP contribution >= 0.6 is 47.8 Å². The highest BCUT2D eigenvalue weighted by molar-refractivity contribution is 9.11. The van der Waals surface area contributed by atoms with Crippen LogP contribution < -0.4 is 5.32 Å². The summed E-state index contributed by atoms with van der Waals surface area (Å²) in [5.41, 5.74) is 1.11. The van der Waals surface area contributed by atoms with Crippen LogP contribution in [0, 0.1) is 0 Å². The second kappa shape index (κ2) is 8.11. The van der Waals surface area contributed by atoms with Crippen molar-refractivity contribution in [2.24, 2.45) is 0 Å². The van der Waals surface area contributed by atoms with Crippen molar-refractivity contribution in [1.82, 2.24) is 10.2 Å². The van der Waals surface area contributed by atoms with E-state index < -0.39 is 0 Å². The Morgan fingerprint density at radius 1 is 1.29 bits per heavy atom. The summed E-state index contributed by atoms with van der Waals surface area (Å²) in [6.07, 6.45) is 3.89. The van der Waals surface area contributed by atoms with E-state index in [9.17, 15) is 5.11 Å². The van der Waals surface area contributed by atoms with E-state index in [1.165, 1.54) is 0 Å². The number of piperazine rings is 1. The Bertz CT molecular complexity index is 516. The molecule has 1 atom stereocenters. The number of benzene rings is 1. The minimum Gasteiger partial charge on any atom is -0.506 e. The van der Waals surface area contributed by atoms with Crippen LogP contribution in [0.4, 0.5) is 0 Å². The summed E-state index contributed by atoms with van der Waals surface area (Å²) in [6, 6.07) is 2.17. The lowest BCUT2D eigenvalue weighted by molar-refractivity contribution is 0.165. The summed E-state index contributed by atoms with van der Waals surface area (Å²) in [5.74, 6) is 0.256. The zero-order valence-corrected chi connectivity index (χ0v) is 16.5. The lowest BCUT2D eigenvalue weighted by atomic mass is 9.99. The zero-order chi connectivity index (χ0) is 15.4. The van der Waals surface area contributed by atoms with Gasteiger partial charge in [-0.2, -0.15) is 0 Å². The largest absolute Gasteiger partial charge is 0.506 e. The Labute approximate surface area is 151 Å². The fraction of sp³-hybridized carbons (Fsp3) is 0.467. The van der Waals surface area contributed by atoms with Crippen molar-refractivity contribution in [3.8, 4) is 5.75 Å². The number of nitrogens with zero attached hydrogens (tertiary/aromatic N) is 1. The average Bonchev–Trinajstić information content (AvgIpc) is 2.49. The molecule has 1 saturated heterocycles. The van der Waals surface area contributed by atoms with E-state index >= 15 is 0 Å². The van der Waals surface area contributed by atoms with Gasteiger partial charge in [0.15, 0.2) is 0 Å². The maximum absolute atomic E-state index is 10.2. The number of nitrogens with one attached hydrogen (secondary N) is 1. The van der Waals surface area contributed by atoms with Crippen LogP contribution in [-0.2, 0) is 0 Å². The number of aromatic hydroxyl groups is 1. The Kier molecular flexibility index (Phi) is 6.75. The van der Waals surface area contributed by atoms with Gasteiger partial charge in [0, 0.05) is 42.3 Å². The highest BCUT2D eigenvalue weighted by Gasteiger charge is 2.27. The van der Waals surface area contributed by atoms with E-state index in [0.717, 1.165) is 53.5 Å². The van der Waals surface area contributed by atoms with Gasteiger partial charge in [-0.15, -0.1) is 6.58 Å². The topological polar surface area (TPSA) is 35.5 Å². The monoisotopic (exact) mass is 480 g/mol. The molecule has 1 aromatic carbocycles. The van der Waals surface area contributed by atoms with Crippen molar-refractivity contribution in [2.45, 2.75) is 18.9 Å². The molecular weight excluding hydrogens is 464 g/mol. The smallest absolute Gasteiger partial charge is 0.144 e. The fourth-order valence-electron chi connectivity index (χ4n) is 2.68. The molecule has 1 fully saturated rings. The maximum atomic E-state index is 10.2. The minimum atomic E-state index is 0.256. The first-order valence-electron chi connectivity index (χ1n) is 6.98. The van der Waals surface area contributed by atoms with Gasteiger partial charge in [0.05, 0.1) is 8.95 Å². The van der Waals surface area contributed by atoms with Crippen molar-refractivity contribution < 1.29 is 5.11 Å². The van der Waals surface area contributed by atoms with Crippen molar-refractivity contribution in [3.63, 3.8) is 0 Å². The van der Waals surface area contributed by atoms with E-state index in [1.807, 2.05) is 12.1 Å². The van der Waals surface area contributed by atoms with Gasteiger partial charge in [0.25, 0.3) is 0 Å². The molecule has 0 amide bonds. The van der Waals surface area contributed by atoms with Gasteiger partial charge in [-0.1, -0.05) is 22.0 Å². The minimum absolute atomic E-state index is 0.256. The molecule has 6 heteroatoms. The van der Waals surface area contributed by atoms with Gasteiger partial charge in [0.2, 0.25) is 0 Å². The molecule has 1 aromatic rings. The molecule has 0 saturated carbocycles. The van der Waals surface area contributed by atoms with E-state index in [-0.39, 0.29) is 11.8 Å². The van der Waals surface area contributed by atoms with Crippen molar-refractivity contribution in [1.29, 1.82) is 0 Å². The van der Waals surface area contributed by atoms with Crippen LogP contribution in [0.3, 0.4) is 0 Å². The first-order chi connectivity index (χ1) is 10.1. The Balaban J connectivity index is 2.40. The highest BCUT2D eigenvalue weighted by Crippen LogP contribution is 2.44. The Hall–Kier alpha value is 0.120. The highest BCUT2D eigenvalue weighted by atomic mass is 79.9. The summed E-state index contributed by atoms with van der Waals surface area (Å²) in [6.45, 7) is 7.86. The molecule has 1 aliphatic heterocycles. The molecule has 1 heterocycles. The molecule has 0 bridgehead atoms. The summed E-state index contributed by atoms with van der Waals surface area (Å²) in [7, 11) is 0. The fourth-order valence-corrected chi connectivity index (χ4v) is 5.33. The third kappa shape index (κ3) is 4.10. The molecule has 0 aliphatic carbocycles. The third-order valence-corrected chi connectivity index (χ3v) is 5.81. The Morgan fingerprint density at radius 3 is 2.57 bits per heavy atom. The van der Waals surface area contributed by atoms with Gasteiger partial charge in [-0.3, -0.25) is 4.90 Å². The quantitative estimate of drug-likeness (QED) is 0.602. The number of phenolic OH excluding ortho intramolecular Hbond substituents is 1. The van der Waals surface area contributed by atoms with Crippen molar-refractivity contribution in [2.75, 3.05) is 26.2 Å². The van der Waals surface area contributed by atoms with E-state index in [2.05, 4.69) is 64.6 Å². The molecule has 116 valence electrons. The van der Waals surface area contributed by atoms with Crippen molar-refractivity contribution in [3.05, 3.63) is 37.7 Å². The number of halogens is 3. The second-order valence-electron chi connectivity index (χ2n) is 5.08. The molecule has 1 aliphatic rings. The van der Waals surface area contributed by atoms with E-state index in [4.69, 9.17) is 0 Å². The van der Waals surface area contributed by atoms with Crippen LogP contribution in [0.1, 0.15) is 24.4 Å². The van der Waals surface area contributed by atoms with Gasteiger partial charge in [0.1, 0.15) is 5.75 Å². The summed E-state index contributed by atoms with van der Waals surface area (Å²) >= 11 is 10.6. The van der Waals surface area contributed by atoms with Crippen LogP contribution in [-0.4, -0.2) is 36.2 Å². The molecule has 0 aromatic heterocycles. The average molecular weight is 483 g/mol. The molecular formula is C15H19Br3N2O. The summed E-state index contributed by atoms with van der Waals surface area (Å²) in [4.78, 5) is 2.47. The number of allylic oxidation sites excluding steroid dienone is 1. The third-order valence-electron chi connectivity index (χ3n) is 3.75. The molecule has 2 N–H and O–H groups in total. The number of hydrogen-bond acceptors (Lipinski definition) is 3. The zero-order valence-electron chi connectivity index (χ0n) is 11.7. The molecule has 0 spiro atoms. The second-order valence-corrected chi connectivity index (χ2v) is 7.59. The van der Waals surface area contributed by atoms with E-state index in [1.54, 1.807) is 0 Å². The van der Waals surface area contributed by atoms with Gasteiger partial charge < -0.3 is 10.4 Å². The first kappa shape index (κ1) is 17.5. The molecule has 21 heavy (non-hydrogen) atoms. The van der Waals surface area contributed by atoms with Gasteiger partial charge in [-0.05, 0) is 50.8 Å². The lowest BCUT2D eigenvalue weighted by Gasteiger charge is -2.36. The van der Waals surface area contributed by atoms with Crippen LogP contribution in [0.15, 0.2) is 32.1 Å². The molecule has 0 unspecified atom stereocenters. The Morgan fingerprint density at radius 2 is 1.95 bits per heavy atom. The predicted molar refractivity (Wildman–Crippen MR) is 97.8 cm³/mol. The summed E-state index contributed by atoms with van der Waals surface area (Å²) in [5, 5.41) is 13.6. The van der Waals surface area contributed by atoms with Crippen LogP contribution in [0.25, 0.3) is 0 Å². The van der Waals surface area contributed by atoms with E-state index in [0.29, 0.717) is 4.47 Å². The lowest BCUT2D eigenvalue weighted by Crippen LogP contribution is -2.45. The predicted octanol–water partition coefficient (Wildman–Crippen LogP) is 4.59. The number of rotatable bonds is 5. The summed E-state index contributed by atoms with van der Waals surface area (Å²) < 4.78 is 2.45. The number of hydrogen-bond donors (Lipinski definition) is 2. The van der Waals surface area contributed by atoms with Gasteiger partial charge in [-0.25, -0.2) is 0 Å². The maximum Gasteiger partial charge on any atom is 0.144 e. The van der Waals surface area contributed by atoms with Crippen LogP contribution in [0.5, 0.6) is 5.75 Å². The normalized spacial score (nSPS) is 17.7. The number of phenols is 1. The van der Waals surface area contributed by atoms with Crippen LogP contribution in [0.2, 0.25) is 0 Å².